The minimum Gasteiger partial charge on any atom is -0.381 e. The molecule has 1 N–H and O–H groups in total. The Kier molecular flexibility index (Phi) is 3.79. The van der Waals surface area contributed by atoms with Crippen molar-refractivity contribution in [2.75, 3.05) is 5.32 Å². The molecule has 3 heteroatoms. The summed E-state index contributed by atoms with van der Waals surface area (Å²) in [6.45, 7) is 0.757. The Morgan fingerprint density at radius 3 is 2.24 bits per heavy atom. The van der Waals surface area contributed by atoms with E-state index < -0.39 is 0 Å². The van der Waals surface area contributed by atoms with E-state index in [9.17, 15) is 0 Å². The predicted octanol–water partition coefficient (Wildman–Crippen LogP) is 3.93. The summed E-state index contributed by atoms with van der Waals surface area (Å²) in [5.74, 6) is 0. The molecule has 0 bridgehead atoms. The number of nitrogens with zero attached hydrogens (tertiary/aromatic N) is 1. The van der Waals surface area contributed by atoms with E-state index in [1.54, 1.807) is 0 Å². The SMILES string of the molecule is N#Cc1ccc(CNc2ccc(Br)cc2)cc1. The molecule has 2 nitrogen and oxygen atoms in total. The first kappa shape index (κ1) is 11.7. The van der Waals surface area contributed by atoms with E-state index in [-0.39, 0.29) is 0 Å². The summed E-state index contributed by atoms with van der Waals surface area (Å²) in [6, 6.07) is 17.7. The fraction of sp³-hybridized carbons (Fsp3) is 0.0714. The van der Waals surface area contributed by atoms with Crippen molar-refractivity contribution in [3.05, 3.63) is 64.1 Å². The summed E-state index contributed by atoms with van der Waals surface area (Å²) < 4.78 is 1.07. The van der Waals surface area contributed by atoms with Crippen LogP contribution in [0.4, 0.5) is 5.69 Å². The van der Waals surface area contributed by atoms with E-state index in [4.69, 9.17) is 5.26 Å². The van der Waals surface area contributed by atoms with Crippen molar-refractivity contribution in [2.45, 2.75) is 6.54 Å². The predicted molar refractivity (Wildman–Crippen MR) is 72.6 cm³/mol. The van der Waals surface area contributed by atoms with Gasteiger partial charge in [0, 0.05) is 16.7 Å². The zero-order chi connectivity index (χ0) is 12.1. The summed E-state index contributed by atoms with van der Waals surface area (Å²) in [4.78, 5) is 0. The maximum atomic E-state index is 8.69. The van der Waals surface area contributed by atoms with Crippen molar-refractivity contribution in [3.63, 3.8) is 0 Å². The van der Waals surface area contributed by atoms with Crippen LogP contribution in [0.5, 0.6) is 0 Å². The van der Waals surface area contributed by atoms with E-state index in [1.807, 2.05) is 48.5 Å². The molecule has 0 spiro atoms. The molecule has 84 valence electrons. The highest BCUT2D eigenvalue weighted by atomic mass is 79.9. The van der Waals surface area contributed by atoms with Crippen LogP contribution in [-0.2, 0) is 6.54 Å². The lowest BCUT2D eigenvalue weighted by atomic mass is 10.1. The van der Waals surface area contributed by atoms with Crippen LogP contribution in [0.1, 0.15) is 11.1 Å². The van der Waals surface area contributed by atoms with Crippen molar-refractivity contribution in [1.29, 1.82) is 5.26 Å². The lowest BCUT2D eigenvalue weighted by Crippen LogP contribution is -1.98. The van der Waals surface area contributed by atoms with Crippen LogP contribution in [0.15, 0.2) is 53.0 Å². The summed E-state index contributed by atoms with van der Waals surface area (Å²) in [5.41, 5.74) is 2.93. The maximum absolute atomic E-state index is 8.69. The summed E-state index contributed by atoms with van der Waals surface area (Å²) in [6.07, 6.45) is 0. The van der Waals surface area contributed by atoms with Crippen molar-refractivity contribution >= 4 is 21.6 Å². The third-order valence-electron chi connectivity index (χ3n) is 2.42. The van der Waals surface area contributed by atoms with Crippen LogP contribution in [0, 0.1) is 11.3 Å². The lowest BCUT2D eigenvalue weighted by molar-refractivity contribution is 1.15. The number of anilines is 1. The third-order valence-corrected chi connectivity index (χ3v) is 2.95. The van der Waals surface area contributed by atoms with Gasteiger partial charge in [0.1, 0.15) is 0 Å². The molecule has 0 radical (unpaired) electrons. The molecule has 0 amide bonds. The molecule has 0 saturated heterocycles. The van der Waals surface area contributed by atoms with Crippen LogP contribution < -0.4 is 5.32 Å². The third kappa shape index (κ3) is 3.33. The van der Waals surface area contributed by atoms with Crippen LogP contribution in [-0.4, -0.2) is 0 Å². The first-order valence-electron chi connectivity index (χ1n) is 5.26. The average Bonchev–Trinajstić information content (AvgIpc) is 2.39. The molecular formula is C14H11BrN2. The van der Waals surface area contributed by atoms with Crippen LogP contribution in [0.2, 0.25) is 0 Å². The van der Waals surface area contributed by atoms with Gasteiger partial charge in [-0.1, -0.05) is 28.1 Å². The Morgan fingerprint density at radius 2 is 1.65 bits per heavy atom. The van der Waals surface area contributed by atoms with Gasteiger partial charge in [0.25, 0.3) is 0 Å². The molecule has 17 heavy (non-hydrogen) atoms. The second-order valence-electron chi connectivity index (χ2n) is 3.67. The van der Waals surface area contributed by atoms with Gasteiger partial charge in [-0.05, 0) is 42.0 Å². The quantitative estimate of drug-likeness (QED) is 0.928. The summed E-state index contributed by atoms with van der Waals surface area (Å²) in [5, 5.41) is 12.0. The topological polar surface area (TPSA) is 35.8 Å². The van der Waals surface area contributed by atoms with E-state index >= 15 is 0 Å². The largest absolute Gasteiger partial charge is 0.381 e. The number of nitriles is 1. The van der Waals surface area contributed by atoms with Gasteiger partial charge in [-0.3, -0.25) is 0 Å². The van der Waals surface area contributed by atoms with E-state index in [2.05, 4.69) is 27.3 Å². The fourth-order valence-electron chi connectivity index (χ4n) is 1.47. The number of hydrogen-bond donors (Lipinski definition) is 1. The molecule has 0 atom stereocenters. The number of halogens is 1. The van der Waals surface area contributed by atoms with Gasteiger partial charge < -0.3 is 5.32 Å². The molecule has 2 rings (SSSR count). The Morgan fingerprint density at radius 1 is 1.00 bits per heavy atom. The average molecular weight is 287 g/mol. The molecule has 0 heterocycles. The Hall–Kier alpha value is -1.79. The van der Waals surface area contributed by atoms with Gasteiger partial charge in [-0.2, -0.15) is 5.26 Å². The first-order chi connectivity index (χ1) is 8.28. The highest BCUT2D eigenvalue weighted by Gasteiger charge is 1.95. The molecule has 0 saturated carbocycles. The molecule has 0 aliphatic rings. The second-order valence-corrected chi connectivity index (χ2v) is 4.58. The van der Waals surface area contributed by atoms with Gasteiger partial charge in [0.15, 0.2) is 0 Å². The van der Waals surface area contributed by atoms with Crippen molar-refractivity contribution < 1.29 is 0 Å². The standard InChI is InChI=1S/C14H11BrN2/c15-13-5-7-14(8-6-13)17-10-12-3-1-11(9-16)2-4-12/h1-8,17H,10H2. The molecular weight excluding hydrogens is 276 g/mol. The smallest absolute Gasteiger partial charge is 0.0991 e. The van der Waals surface area contributed by atoms with Gasteiger partial charge in [0.2, 0.25) is 0 Å². The van der Waals surface area contributed by atoms with Gasteiger partial charge >= 0.3 is 0 Å². The van der Waals surface area contributed by atoms with E-state index in [0.717, 1.165) is 22.3 Å². The van der Waals surface area contributed by atoms with Gasteiger partial charge in [-0.15, -0.1) is 0 Å². The zero-order valence-corrected chi connectivity index (χ0v) is 10.7. The van der Waals surface area contributed by atoms with E-state index in [0.29, 0.717) is 5.56 Å². The Labute approximate surface area is 109 Å². The molecule has 0 aliphatic heterocycles. The monoisotopic (exact) mass is 286 g/mol. The first-order valence-corrected chi connectivity index (χ1v) is 6.06. The van der Waals surface area contributed by atoms with E-state index in [1.165, 1.54) is 0 Å². The van der Waals surface area contributed by atoms with Crippen LogP contribution in [0.25, 0.3) is 0 Å². The fourth-order valence-corrected chi connectivity index (χ4v) is 1.73. The minimum absolute atomic E-state index is 0.692. The van der Waals surface area contributed by atoms with Crippen molar-refractivity contribution in [3.8, 4) is 6.07 Å². The molecule has 0 unspecified atom stereocenters. The Bertz CT molecular complexity index is 524. The molecule has 2 aromatic carbocycles. The van der Waals surface area contributed by atoms with Crippen molar-refractivity contribution in [2.24, 2.45) is 0 Å². The molecule has 0 fully saturated rings. The van der Waals surface area contributed by atoms with Gasteiger partial charge in [-0.25, -0.2) is 0 Å². The highest BCUT2D eigenvalue weighted by Crippen LogP contribution is 2.15. The summed E-state index contributed by atoms with van der Waals surface area (Å²) in [7, 11) is 0. The van der Waals surface area contributed by atoms with Crippen LogP contribution >= 0.6 is 15.9 Å². The highest BCUT2D eigenvalue weighted by molar-refractivity contribution is 9.10. The lowest BCUT2D eigenvalue weighted by Gasteiger charge is -2.06. The molecule has 2 aromatic rings. The number of nitrogens with one attached hydrogen (secondary N) is 1. The normalized spacial score (nSPS) is 9.65. The number of benzene rings is 2. The molecule has 0 aliphatic carbocycles. The van der Waals surface area contributed by atoms with Crippen molar-refractivity contribution in [1.82, 2.24) is 0 Å². The number of rotatable bonds is 3. The zero-order valence-electron chi connectivity index (χ0n) is 9.15. The van der Waals surface area contributed by atoms with Gasteiger partial charge in [0.05, 0.1) is 11.6 Å². The second kappa shape index (κ2) is 5.51. The maximum Gasteiger partial charge on any atom is 0.0991 e. The minimum atomic E-state index is 0.692. The van der Waals surface area contributed by atoms with Crippen LogP contribution in [0.3, 0.4) is 0 Å². The number of hydrogen-bond acceptors (Lipinski definition) is 2. The summed E-state index contributed by atoms with van der Waals surface area (Å²) >= 11 is 3.40. The Balaban J connectivity index is 1.98. The molecule has 0 aromatic heterocycles.